The second kappa shape index (κ2) is 11.8. The Labute approximate surface area is 284 Å². The van der Waals surface area contributed by atoms with Crippen LogP contribution < -0.4 is 5.32 Å². The highest BCUT2D eigenvalue weighted by Crippen LogP contribution is 2.42. The van der Waals surface area contributed by atoms with Gasteiger partial charge in [0.1, 0.15) is 23.3 Å². The van der Waals surface area contributed by atoms with E-state index in [4.69, 9.17) is 0 Å². The summed E-state index contributed by atoms with van der Waals surface area (Å²) in [6, 6.07) is 5.19. The fourth-order valence-electron chi connectivity index (χ4n) is 6.32. The summed E-state index contributed by atoms with van der Waals surface area (Å²) < 4.78 is 156. The minimum absolute atomic E-state index is 0.0144. The molecule has 262 valence electrons. The topological polar surface area (TPSA) is 78.8 Å². The number of aromatic amines is 1. The quantitative estimate of drug-likeness (QED) is 0.106. The van der Waals surface area contributed by atoms with Crippen LogP contribution in [-0.2, 0) is 6.54 Å². The number of aromatic nitrogens is 5. The van der Waals surface area contributed by atoms with Crippen LogP contribution >= 0.6 is 0 Å². The van der Waals surface area contributed by atoms with Crippen LogP contribution in [0.25, 0.3) is 16.8 Å². The van der Waals surface area contributed by atoms with Crippen molar-refractivity contribution < 1.29 is 48.2 Å². The molecule has 0 amide bonds. The SMILES string of the molecule is Fc1c(F)c(/C(=C2\C=CC=N2)c2ccc[nH]2)c(F)c(F)c1NCc1cn(-c2c(F)c(F)c(C3=C4C=CC=[N+]4[B-](F)(F)n4cccc43)c(F)c2F)nn1. The predicted molar refractivity (Wildman–Crippen MR) is 169 cm³/mol. The van der Waals surface area contributed by atoms with Crippen molar-refractivity contribution in [3.05, 3.63) is 153 Å². The van der Waals surface area contributed by atoms with Gasteiger partial charge in [0.05, 0.1) is 35.1 Å². The fourth-order valence-corrected chi connectivity index (χ4v) is 6.32. The van der Waals surface area contributed by atoms with Gasteiger partial charge < -0.3 is 27.9 Å². The Hall–Kier alpha value is -6.40. The van der Waals surface area contributed by atoms with Crippen LogP contribution in [0, 0.1) is 46.5 Å². The van der Waals surface area contributed by atoms with E-state index in [9.17, 15) is 0 Å². The molecular weight excluding hydrogens is 709 g/mol. The molecule has 0 saturated heterocycles. The molecule has 3 aliphatic rings. The van der Waals surface area contributed by atoms with Gasteiger partial charge in [0, 0.05) is 41.5 Å². The number of hydrogen-bond acceptors (Lipinski definition) is 4. The highest BCUT2D eigenvalue weighted by Gasteiger charge is 2.52. The Morgan fingerprint density at radius 3 is 2.23 bits per heavy atom. The van der Waals surface area contributed by atoms with Gasteiger partial charge in [-0.3, -0.25) is 4.99 Å². The number of anilines is 1. The summed E-state index contributed by atoms with van der Waals surface area (Å²) in [5.41, 5.74) is -6.84. The van der Waals surface area contributed by atoms with Gasteiger partial charge in [0.2, 0.25) is 0 Å². The Bertz CT molecular complexity index is 2470. The lowest BCUT2D eigenvalue weighted by atomic mass is 9.86. The lowest BCUT2D eigenvalue weighted by molar-refractivity contribution is -0.356. The Morgan fingerprint density at radius 2 is 1.58 bits per heavy atom. The van der Waals surface area contributed by atoms with E-state index >= 15 is 43.8 Å². The van der Waals surface area contributed by atoms with Crippen LogP contribution in [0.15, 0.2) is 83.5 Å². The van der Waals surface area contributed by atoms with E-state index in [-0.39, 0.29) is 27.3 Å². The molecule has 0 atom stereocenters. The molecule has 0 saturated carbocycles. The van der Waals surface area contributed by atoms with Gasteiger partial charge in [-0.15, -0.1) is 5.10 Å². The molecule has 0 aliphatic carbocycles. The zero-order chi connectivity index (χ0) is 36.6. The maximum atomic E-state index is 15.7. The molecule has 0 radical (unpaired) electrons. The summed E-state index contributed by atoms with van der Waals surface area (Å²) >= 11 is 0. The molecule has 5 aromatic rings. The van der Waals surface area contributed by atoms with Gasteiger partial charge in [-0.2, -0.15) is 0 Å². The molecule has 8 nitrogen and oxygen atoms in total. The van der Waals surface area contributed by atoms with Crippen molar-refractivity contribution in [2.45, 2.75) is 6.54 Å². The van der Waals surface area contributed by atoms with Crippen molar-refractivity contribution in [3.8, 4) is 5.69 Å². The standard InChI is InChI=1S/C33H17BF10N8/c35-24-22(20(16-5-1-9-45-16)17-6-2-10-46-17)25(36)29(40)32(28(24)39)47-13-15-14-52(49-48-15)33-30(41)26(37)23(27(38)31(33)42)21-18-7-3-11-50(18)34(43,44)51-12-4-8-19(21)51/h1-12,14,45,47H,13H2/b20-17+. The average molecular weight is 726 g/mol. The first-order valence-corrected chi connectivity index (χ1v) is 15.1. The minimum Gasteiger partial charge on any atom is -0.396 e. The van der Waals surface area contributed by atoms with Crippen molar-refractivity contribution in [2.75, 3.05) is 5.32 Å². The van der Waals surface area contributed by atoms with E-state index in [1.807, 2.05) is 0 Å². The third-order valence-electron chi connectivity index (χ3n) is 8.64. The van der Waals surface area contributed by atoms with Gasteiger partial charge in [-0.05, 0) is 42.6 Å². The van der Waals surface area contributed by atoms with Crippen molar-refractivity contribution in [3.63, 3.8) is 0 Å². The van der Waals surface area contributed by atoms with Crippen LogP contribution in [0.2, 0.25) is 0 Å². The second-order valence-electron chi connectivity index (χ2n) is 11.5. The molecule has 3 aromatic heterocycles. The molecule has 8 rings (SSSR count). The zero-order valence-corrected chi connectivity index (χ0v) is 25.8. The number of allylic oxidation sites excluding steroid dienone is 4. The minimum atomic E-state index is -4.49. The first kappa shape index (κ1) is 32.8. The van der Waals surface area contributed by atoms with E-state index in [0.29, 0.717) is 8.96 Å². The summed E-state index contributed by atoms with van der Waals surface area (Å²) in [5.74, 6) is -15.0. The van der Waals surface area contributed by atoms with E-state index in [0.717, 1.165) is 30.8 Å². The molecule has 0 spiro atoms. The fraction of sp³-hybridized carbons (Fsp3) is 0.0303. The summed E-state index contributed by atoms with van der Waals surface area (Å²) in [5, 5.41) is 9.14. The molecule has 0 bridgehead atoms. The monoisotopic (exact) mass is 726 g/mol. The normalized spacial score (nSPS) is 16.5. The van der Waals surface area contributed by atoms with Crippen molar-refractivity contribution in [1.29, 1.82) is 0 Å². The number of H-pyrrole nitrogens is 1. The number of nitrogens with zero attached hydrogens (tertiary/aromatic N) is 6. The molecule has 6 heterocycles. The summed E-state index contributed by atoms with van der Waals surface area (Å²) in [7, 11) is 0. The average Bonchev–Trinajstić information content (AvgIpc) is 3.97. The molecule has 0 unspecified atom stereocenters. The number of halogens is 10. The molecule has 19 heteroatoms. The highest BCUT2D eigenvalue weighted by molar-refractivity contribution is 6.57. The summed E-state index contributed by atoms with van der Waals surface area (Å²) in [4.78, 5) is 6.71. The lowest BCUT2D eigenvalue weighted by Crippen LogP contribution is -2.49. The Morgan fingerprint density at radius 1 is 0.846 bits per heavy atom. The van der Waals surface area contributed by atoms with Crippen LogP contribution in [0.4, 0.5) is 49.4 Å². The first-order chi connectivity index (χ1) is 24.9. The first-order valence-electron chi connectivity index (χ1n) is 15.1. The van der Waals surface area contributed by atoms with Gasteiger partial charge in [-0.25, -0.2) is 39.8 Å². The predicted octanol–water partition coefficient (Wildman–Crippen LogP) is 7.17. The smallest absolute Gasteiger partial charge is 0.396 e. The molecule has 0 fully saturated rings. The highest BCUT2D eigenvalue weighted by atomic mass is 19.2. The number of fused-ring (bicyclic) bond motifs is 2. The molecule has 2 N–H and O–H groups in total. The van der Waals surface area contributed by atoms with Gasteiger partial charge in [0.15, 0.2) is 52.2 Å². The lowest BCUT2D eigenvalue weighted by Gasteiger charge is -2.31. The number of hydrogen-bond donors (Lipinski definition) is 2. The second-order valence-corrected chi connectivity index (χ2v) is 11.5. The molecular formula is C33H17BF10N8. The van der Waals surface area contributed by atoms with Crippen molar-refractivity contribution in [1.82, 2.24) is 24.5 Å². The summed E-state index contributed by atoms with van der Waals surface area (Å²) in [6.07, 6.45) is 10.5. The molecule has 3 aliphatic heterocycles. The van der Waals surface area contributed by atoms with E-state index in [1.165, 1.54) is 48.8 Å². The van der Waals surface area contributed by atoms with Crippen LogP contribution in [0.1, 0.15) is 28.2 Å². The Kier molecular flexibility index (Phi) is 7.47. The zero-order valence-electron chi connectivity index (χ0n) is 25.8. The van der Waals surface area contributed by atoms with Crippen LogP contribution in [0.3, 0.4) is 0 Å². The Balaban J connectivity index is 1.13. The number of nitrogens with one attached hydrogen (secondary N) is 2. The van der Waals surface area contributed by atoms with E-state index < -0.39 is 99.5 Å². The molecule has 2 aromatic carbocycles. The van der Waals surface area contributed by atoms with Gasteiger partial charge >= 0.3 is 6.97 Å². The van der Waals surface area contributed by atoms with E-state index in [2.05, 4.69) is 25.6 Å². The van der Waals surface area contributed by atoms with Crippen LogP contribution in [0.5, 0.6) is 0 Å². The van der Waals surface area contributed by atoms with Gasteiger partial charge in [0.25, 0.3) is 0 Å². The van der Waals surface area contributed by atoms with E-state index in [1.54, 1.807) is 0 Å². The van der Waals surface area contributed by atoms with Crippen LogP contribution in [-0.4, -0.2) is 48.3 Å². The summed E-state index contributed by atoms with van der Waals surface area (Å²) in [6.45, 7) is -5.25. The maximum absolute atomic E-state index is 15.7. The largest absolute Gasteiger partial charge is 0.737 e. The number of benzene rings is 2. The van der Waals surface area contributed by atoms with Crippen molar-refractivity contribution >= 4 is 36.2 Å². The van der Waals surface area contributed by atoms with Crippen molar-refractivity contribution in [2.24, 2.45) is 4.99 Å². The number of aliphatic imine (C=N–C) groups is 1. The maximum Gasteiger partial charge on any atom is 0.737 e. The number of rotatable bonds is 7. The molecule has 52 heavy (non-hydrogen) atoms. The third-order valence-corrected chi connectivity index (χ3v) is 8.64. The van der Waals surface area contributed by atoms with Gasteiger partial charge in [-0.1, -0.05) is 5.21 Å². The third kappa shape index (κ3) is 4.71.